The van der Waals surface area contributed by atoms with E-state index in [2.05, 4.69) is 20.8 Å². The second-order valence-corrected chi connectivity index (χ2v) is 7.55. The highest BCUT2D eigenvalue weighted by Gasteiger charge is 2.42. The van der Waals surface area contributed by atoms with Crippen molar-refractivity contribution in [2.45, 2.75) is 52.9 Å². The van der Waals surface area contributed by atoms with Gasteiger partial charge in [0.1, 0.15) is 17.5 Å². The average molecular weight is 332 g/mol. The van der Waals surface area contributed by atoms with Crippen LogP contribution in [0.2, 0.25) is 0 Å². The van der Waals surface area contributed by atoms with E-state index in [1.54, 1.807) is 4.90 Å². The molecule has 5 nitrogen and oxygen atoms in total. The van der Waals surface area contributed by atoms with E-state index in [-0.39, 0.29) is 28.9 Å². The number of benzene rings is 1. The van der Waals surface area contributed by atoms with Gasteiger partial charge in [0, 0.05) is 6.54 Å². The smallest absolute Gasteiger partial charge is 0.274 e. The molecule has 1 aliphatic rings. The van der Waals surface area contributed by atoms with E-state index in [1.807, 2.05) is 37.3 Å². The Hall–Kier alpha value is -2.01. The van der Waals surface area contributed by atoms with Crippen LogP contribution in [0.3, 0.4) is 0 Å². The first-order chi connectivity index (χ1) is 11.2. The summed E-state index contributed by atoms with van der Waals surface area (Å²) in [6.07, 6.45) is 0.469. The molecule has 0 radical (unpaired) electrons. The largest absolute Gasteiger partial charge is 0.508 e. The standard InChI is InChI=1S/C19H28N2O3/c1-13(24-12-14-8-6-5-7-9-14)16-17(22)15(20)18(23)21(16)11-10-19(2,3)4/h5-9,13,16,22H,10-12,20H2,1-4H3/t13?,16-/m0/s1. The van der Waals surface area contributed by atoms with Crippen LogP contribution < -0.4 is 5.73 Å². The zero-order valence-corrected chi connectivity index (χ0v) is 15.0. The van der Waals surface area contributed by atoms with Crippen LogP contribution in [-0.4, -0.2) is 34.6 Å². The molecule has 2 atom stereocenters. The summed E-state index contributed by atoms with van der Waals surface area (Å²) < 4.78 is 5.90. The van der Waals surface area contributed by atoms with Crippen molar-refractivity contribution in [2.75, 3.05) is 6.54 Å². The molecule has 1 heterocycles. The molecule has 0 aliphatic carbocycles. The number of nitrogens with zero attached hydrogens (tertiary/aromatic N) is 1. The molecule has 1 aromatic carbocycles. The summed E-state index contributed by atoms with van der Waals surface area (Å²) in [7, 11) is 0. The van der Waals surface area contributed by atoms with E-state index >= 15 is 0 Å². The molecule has 5 heteroatoms. The van der Waals surface area contributed by atoms with E-state index in [0.717, 1.165) is 12.0 Å². The Kier molecular flexibility index (Phi) is 5.54. The third-order valence-corrected chi connectivity index (χ3v) is 4.29. The summed E-state index contributed by atoms with van der Waals surface area (Å²) in [5.41, 5.74) is 6.84. The fraction of sp³-hybridized carbons (Fsp3) is 0.526. The van der Waals surface area contributed by atoms with E-state index in [1.165, 1.54) is 0 Å². The molecule has 0 fully saturated rings. The van der Waals surface area contributed by atoms with E-state index < -0.39 is 6.04 Å². The maximum Gasteiger partial charge on any atom is 0.274 e. The van der Waals surface area contributed by atoms with Gasteiger partial charge in [0.2, 0.25) is 0 Å². The van der Waals surface area contributed by atoms with Gasteiger partial charge in [0.25, 0.3) is 5.91 Å². The third kappa shape index (κ3) is 4.29. The van der Waals surface area contributed by atoms with Crippen molar-refractivity contribution in [3.8, 4) is 0 Å². The number of rotatable bonds is 6. The molecule has 0 spiro atoms. The first kappa shape index (κ1) is 18.3. The number of amides is 1. The van der Waals surface area contributed by atoms with E-state index in [9.17, 15) is 9.90 Å². The maximum absolute atomic E-state index is 12.3. The molecule has 1 unspecified atom stereocenters. The minimum Gasteiger partial charge on any atom is -0.508 e. The van der Waals surface area contributed by atoms with Crippen molar-refractivity contribution < 1.29 is 14.6 Å². The predicted molar refractivity (Wildman–Crippen MR) is 94.1 cm³/mol. The zero-order chi connectivity index (χ0) is 17.9. The molecular weight excluding hydrogens is 304 g/mol. The number of hydrogen-bond donors (Lipinski definition) is 2. The topological polar surface area (TPSA) is 75.8 Å². The Labute approximate surface area is 144 Å². The predicted octanol–water partition coefficient (Wildman–Crippen LogP) is 2.97. The van der Waals surface area contributed by atoms with Gasteiger partial charge in [-0.1, -0.05) is 51.1 Å². The highest BCUT2D eigenvalue weighted by Crippen LogP contribution is 2.28. The van der Waals surface area contributed by atoms with Gasteiger partial charge < -0.3 is 20.5 Å². The van der Waals surface area contributed by atoms with Gasteiger partial charge >= 0.3 is 0 Å². The molecule has 1 aromatic rings. The van der Waals surface area contributed by atoms with Gasteiger partial charge in [0.15, 0.2) is 0 Å². The van der Waals surface area contributed by atoms with Gasteiger partial charge in [-0.25, -0.2) is 0 Å². The first-order valence-electron chi connectivity index (χ1n) is 8.36. The normalized spacial score (nSPS) is 19.9. The SMILES string of the molecule is CC(OCc1ccccc1)[C@H]1C(O)=C(N)C(=O)N1CCC(C)(C)C. The fourth-order valence-corrected chi connectivity index (χ4v) is 2.76. The molecule has 132 valence electrons. The van der Waals surface area contributed by atoms with Crippen molar-refractivity contribution in [1.29, 1.82) is 0 Å². The van der Waals surface area contributed by atoms with Crippen LogP contribution in [0.1, 0.15) is 39.7 Å². The van der Waals surface area contributed by atoms with Crippen molar-refractivity contribution in [3.05, 3.63) is 47.4 Å². The van der Waals surface area contributed by atoms with Crippen LogP contribution >= 0.6 is 0 Å². The van der Waals surface area contributed by atoms with Gasteiger partial charge in [0.05, 0.1) is 12.7 Å². The van der Waals surface area contributed by atoms with Crippen LogP contribution in [0.4, 0.5) is 0 Å². The summed E-state index contributed by atoms with van der Waals surface area (Å²) in [5, 5.41) is 10.3. The molecule has 24 heavy (non-hydrogen) atoms. The maximum atomic E-state index is 12.3. The van der Waals surface area contributed by atoms with Gasteiger partial charge in [-0.2, -0.15) is 0 Å². The Balaban J connectivity index is 2.06. The van der Waals surface area contributed by atoms with Gasteiger partial charge in [-0.15, -0.1) is 0 Å². The van der Waals surface area contributed by atoms with Crippen molar-refractivity contribution in [1.82, 2.24) is 4.90 Å². The highest BCUT2D eigenvalue weighted by molar-refractivity contribution is 5.96. The van der Waals surface area contributed by atoms with Crippen molar-refractivity contribution in [3.63, 3.8) is 0 Å². The van der Waals surface area contributed by atoms with Crippen molar-refractivity contribution in [2.24, 2.45) is 11.1 Å². The molecule has 0 bridgehead atoms. The Morgan fingerprint density at radius 2 is 1.92 bits per heavy atom. The molecule has 3 N–H and O–H groups in total. The number of aliphatic hydroxyl groups excluding tert-OH is 1. The molecule has 0 saturated heterocycles. The molecular formula is C19H28N2O3. The summed E-state index contributed by atoms with van der Waals surface area (Å²) >= 11 is 0. The summed E-state index contributed by atoms with van der Waals surface area (Å²) in [6.45, 7) is 9.18. The number of ether oxygens (including phenoxy) is 1. The molecule has 1 aliphatic heterocycles. The van der Waals surface area contributed by atoms with Crippen LogP contribution in [0, 0.1) is 5.41 Å². The van der Waals surface area contributed by atoms with E-state index in [4.69, 9.17) is 10.5 Å². The molecule has 0 saturated carbocycles. The first-order valence-corrected chi connectivity index (χ1v) is 8.36. The second kappa shape index (κ2) is 7.26. The van der Waals surface area contributed by atoms with Crippen LogP contribution in [-0.2, 0) is 16.1 Å². The zero-order valence-electron chi connectivity index (χ0n) is 15.0. The summed E-state index contributed by atoms with van der Waals surface area (Å²) in [6, 6.07) is 9.29. The lowest BCUT2D eigenvalue weighted by atomic mass is 9.92. The monoisotopic (exact) mass is 332 g/mol. The fourth-order valence-electron chi connectivity index (χ4n) is 2.76. The molecule has 0 aromatic heterocycles. The number of carbonyl (C=O) groups excluding carboxylic acids is 1. The average Bonchev–Trinajstić information content (AvgIpc) is 2.75. The lowest BCUT2D eigenvalue weighted by Crippen LogP contribution is -2.44. The number of carbonyl (C=O) groups is 1. The second-order valence-electron chi connectivity index (χ2n) is 7.55. The van der Waals surface area contributed by atoms with Gasteiger partial charge in [-0.05, 0) is 24.3 Å². The number of aliphatic hydroxyl groups is 1. The molecule has 1 amide bonds. The van der Waals surface area contributed by atoms with Crippen LogP contribution in [0.25, 0.3) is 0 Å². The van der Waals surface area contributed by atoms with Crippen molar-refractivity contribution >= 4 is 5.91 Å². The minimum absolute atomic E-state index is 0.0657. The Bertz CT molecular complexity index is 605. The number of nitrogens with two attached hydrogens (primary N) is 1. The molecule has 2 rings (SSSR count). The summed E-state index contributed by atoms with van der Waals surface area (Å²) in [5.74, 6) is -0.383. The van der Waals surface area contributed by atoms with Gasteiger partial charge in [-0.3, -0.25) is 4.79 Å². The van der Waals surface area contributed by atoms with Crippen LogP contribution in [0.5, 0.6) is 0 Å². The number of hydrogen-bond acceptors (Lipinski definition) is 4. The lowest BCUT2D eigenvalue weighted by Gasteiger charge is -2.32. The quantitative estimate of drug-likeness (QED) is 0.840. The summed E-state index contributed by atoms with van der Waals surface area (Å²) in [4.78, 5) is 14.0. The van der Waals surface area contributed by atoms with E-state index in [0.29, 0.717) is 13.2 Å². The Morgan fingerprint density at radius 1 is 1.29 bits per heavy atom. The third-order valence-electron chi connectivity index (χ3n) is 4.29. The Morgan fingerprint density at radius 3 is 2.50 bits per heavy atom. The minimum atomic E-state index is -0.524. The highest BCUT2D eigenvalue weighted by atomic mass is 16.5. The lowest BCUT2D eigenvalue weighted by molar-refractivity contribution is -0.130. The van der Waals surface area contributed by atoms with Crippen LogP contribution in [0.15, 0.2) is 41.8 Å².